The Kier molecular flexibility index (Phi) is 6.08. The first-order valence-electron chi connectivity index (χ1n) is 4.89. The lowest BCUT2D eigenvalue weighted by atomic mass is 10.1. The minimum atomic E-state index is 0.864. The molecule has 0 aliphatic carbocycles. The molecule has 1 rings (SSSR count). The van der Waals surface area contributed by atoms with E-state index in [0.29, 0.717) is 0 Å². The molecule has 1 aromatic rings. The zero-order chi connectivity index (χ0) is 10.2. The van der Waals surface area contributed by atoms with Crippen molar-refractivity contribution >= 4 is 24.2 Å². The molecule has 0 saturated carbocycles. The van der Waals surface area contributed by atoms with Gasteiger partial charge in [-0.15, -0.1) is 0 Å². The third kappa shape index (κ3) is 4.36. The van der Waals surface area contributed by atoms with Crippen molar-refractivity contribution in [1.82, 2.24) is 5.32 Å². The quantitative estimate of drug-likeness (QED) is 0.565. The third-order valence-corrected chi connectivity index (χ3v) is 2.73. The van der Waals surface area contributed by atoms with E-state index in [-0.39, 0.29) is 0 Å². The molecule has 0 atom stereocenters. The zero-order valence-electron chi connectivity index (χ0n) is 8.17. The lowest BCUT2D eigenvalue weighted by Crippen LogP contribution is -2.18. The van der Waals surface area contributed by atoms with E-state index in [1.165, 1.54) is 5.56 Å². The summed E-state index contributed by atoms with van der Waals surface area (Å²) >= 11 is 10.2. The molecule has 0 saturated heterocycles. The van der Waals surface area contributed by atoms with E-state index in [9.17, 15) is 0 Å². The molecule has 0 aliphatic heterocycles. The van der Waals surface area contributed by atoms with E-state index in [1.807, 2.05) is 18.2 Å². The molecule has 0 heterocycles. The Balaban J connectivity index is 2.21. The van der Waals surface area contributed by atoms with Crippen molar-refractivity contribution in [2.45, 2.75) is 12.8 Å². The molecule has 3 heteroatoms. The number of hydrogen-bond acceptors (Lipinski definition) is 2. The summed E-state index contributed by atoms with van der Waals surface area (Å²) in [5, 5.41) is 4.22. The Morgan fingerprint density at radius 3 is 2.71 bits per heavy atom. The lowest BCUT2D eigenvalue weighted by molar-refractivity contribution is 0.675. The molecule has 0 aromatic heterocycles. The molecule has 1 aromatic carbocycles. The van der Waals surface area contributed by atoms with Crippen LogP contribution in [0.2, 0.25) is 5.02 Å². The molecule has 14 heavy (non-hydrogen) atoms. The largest absolute Gasteiger partial charge is 0.316 e. The molecule has 0 unspecified atom stereocenters. The van der Waals surface area contributed by atoms with Crippen molar-refractivity contribution in [3.8, 4) is 0 Å². The fourth-order valence-electron chi connectivity index (χ4n) is 1.25. The van der Waals surface area contributed by atoms with Gasteiger partial charge in [-0.25, -0.2) is 0 Å². The van der Waals surface area contributed by atoms with Gasteiger partial charge in [0.2, 0.25) is 0 Å². The monoisotopic (exact) mass is 229 g/mol. The van der Waals surface area contributed by atoms with Crippen molar-refractivity contribution in [3.05, 3.63) is 34.9 Å². The third-order valence-electron chi connectivity index (χ3n) is 2.04. The number of thiol groups is 1. The molecular formula is C11H16ClNS. The fraction of sp³-hybridized carbons (Fsp3) is 0.455. The molecule has 1 nitrogen and oxygen atoms in total. The molecule has 0 fully saturated rings. The van der Waals surface area contributed by atoms with Crippen LogP contribution in [0.3, 0.4) is 0 Å². The summed E-state index contributed by atoms with van der Waals surface area (Å²) in [5.41, 5.74) is 1.22. The predicted octanol–water partition coefficient (Wildman–Crippen LogP) is 2.79. The number of rotatable bonds is 6. The van der Waals surface area contributed by atoms with Crippen LogP contribution in [-0.4, -0.2) is 18.8 Å². The molecule has 0 amide bonds. The standard InChI is InChI=1S/C11H16ClNS/c12-11-5-2-1-4-10(11)6-8-13-7-3-9-14/h1-2,4-5,13-14H,3,6-9H2. The number of nitrogens with one attached hydrogen (secondary N) is 1. The van der Waals surface area contributed by atoms with Crippen LogP contribution in [-0.2, 0) is 6.42 Å². The Hall–Kier alpha value is -0.180. The first kappa shape index (κ1) is 11.9. The van der Waals surface area contributed by atoms with Crippen LogP contribution in [0.25, 0.3) is 0 Å². The minimum absolute atomic E-state index is 0.864. The molecule has 0 spiro atoms. The highest BCUT2D eigenvalue weighted by Crippen LogP contribution is 2.14. The summed E-state index contributed by atoms with van der Waals surface area (Å²) in [5.74, 6) is 0.944. The van der Waals surface area contributed by atoms with Crippen molar-refractivity contribution in [3.63, 3.8) is 0 Å². The van der Waals surface area contributed by atoms with E-state index in [2.05, 4.69) is 24.0 Å². The summed E-state index contributed by atoms with van der Waals surface area (Å²) in [6, 6.07) is 7.99. The summed E-state index contributed by atoms with van der Waals surface area (Å²) < 4.78 is 0. The van der Waals surface area contributed by atoms with Gasteiger partial charge in [0.15, 0.2) is 0 Å². The molecule has 0 aliphatic rings. The van der Waals surface area contributed by atoms with Gasteiger partial charge in [0.25, 0.3) is 0 Å². The van der Waals surface area contributed by atoms with Crippen LogP contribution in [0.15, 0.2) is 24.3 Å². The van der Waals surface area contributed by atoms with E-state index in [0.717, 1.165) is 36.7 Å². The fourth-order valence-corrected chi connectivity index (χ4v) is 1.64. The van der Waals surface area contributed by atoms with Gasteiger partial charge in [-0.3, -0.25) is 0 Å². The second-order valence-corrected chi connectivity index (χ2v) is 4.02. The molecule has 78 valence electrons. The van der Waals surface area contributed by atoms with Crippen molar-refractivity contribution in [2.75, 3.05) is 18.8 Å². The molecular weight excluding hydrogens is 214 g/mol. The Bertz CT molecular complexity index is 265. The Labute approximate surface area is 96.3 Å². The van der Waals surface area contributed by atoms with Gasteiger partial charge in [0, 0.05) is 5.02 Å². The van der Waals surface area contributed by atoms with E-state index in [1.54, 1.807) is 0 Å². The van der Waals surface area contributed by atoms with Gasteiger partial charge in [-0.05, 0) is 43.3 Å². The summed E-state index contributed by atoms with van der Waals surface area (Å²) in [7, 11) is 0. The van der Waals surface area contributed by atoms with Crippen molar-refractivity contribution in [2.24, 2.45) is 0 Å². The Morgan fingerprint density at radius 2 is 2.00 bits per heavy atom. The highest BCUT2D eigenvalue weighted by Gasteiger charge is 1.97. The van der Waals surface area contributed by atoms with E-state index < -0.39 is 0 Å². The maximum atomic E-state index is 6.02. The number of benzene rings is 1. The average molecular weight is 230 g/mol. The van der Waals surface area contributed by atoms with Crippen LogP contribution in [0.5, 0.6) is 0 Å². The van der Waals surface area contributed by atoms with Gasteiger partial charge in [-0.2, -0.15) is 12.6 Å². The van der Waals surface area contributed by atoms with E-state index >= 15 is 0 Å². The normalized spacial score (nSPS) is 10.4. The van der Waals surface area contributed by atoms with Gasteiger partial charge in [-0.1, -0.05) is 29.8 Å². The van der Waals surface area contributed by atoms with Crippen LogP contribution in [0.1, 0.15) is 12.0 Å². The zero-order valence-corrected chi connectivity index (χ0v) is 9.82. The predicted molar refractivity (Wildman–Crippen MR) is 66.5 cm³/mol. The second-order valence-electron chi connectivity index (χ2n) is 3.17. The lowest BCUT2D eigenvalue weighted by Gasteiger charge is -2.05. The SMILES string of the molecule is SCCCNCCc1ccccc1Cl. The maximum Gasteiger partial charge on any atom is 0.0438 e. The van der Waals surface area contributed by atoms with Crippen LogP contribution in [0, 0.1) is 0 Å². The van der Waals surface area contributed by atoms with E-state index in [4.69, 9.17) is 11.6 Å². The smallest absolute Gasteiger partial charge is 0.0438 e. The minimum Gasteiger partial charge on any atom is -0.316 e. The van der Waals surface area contributed by atoms with Gasteiger partial charge in [0.05, 0.1) is 0 Å². The molecule has 1 N–H and O–H groups in total. The highest BCUT2D eigenvalue weighted by molar-refractivity contribution is 7.80. The van der Waals surface area contributed by atoms with Crippen LogP contribution >= 0.6 is 24.2 Å². The van der Waals surface area contributed by atoms with Crippen LogP contribution in [0.4, 0.5) is 0 Å². The van der Waals surface area contributed by atoms with Gasteiger partial charge < -0.3 is 5.32 Å². The second kappa shape index (κ2) is 7.16. The van der Waals surface area contributed by atoms with Gasteiger partial charge >= 0.3 is 0 Å². The summed E-state index contributed by atoms with van der Waals surface area (Å²) in [6.07, 6.45) is 2.11. The van der Waals surface area contributed by atoms with Crippen molar-refractivity contribution in [1.29, 1.82) is 0 Å². The van der Waals surface area contributed by atoms with Gasteiger partial charge in [0.1, 0.15) is 0 Å². The number of hydrogen-bond donors (Lipinski definition) is 2. The van der Waals surface area contributed by atoms with Crippen molar-refractivity contribution < 1.29 is 0 Å². The first-order chi connectivity index (χ1) is 6.84. The summed E-state index contributed by atoms with van der Waals surface area (Å²) in [6.45, 7) is 2.02. The van der Waals surface area contributed by atoms with Crippen LogP contribution < -0.4 is 5.32 Å². The number of halogens is 1. The maximum absolute atomic E-state index is 6.02. The first-order valence-corrected chi connectivity index (χ1v) is 5.90. The molecule has 0 bridgehead atoms. The summed E-state index contributed by atoms with van der Waals surface area (Å²) in [4.78, 5) is 0. The highest BCUT2D eigenvalue weighted by atomic mass is 35.5. The average Bonchev–Trinajstić information content (AvgIpc) is 2.20. The topological polar surface area (TPSA) is 12.0 Å². The Morgan fingerprint density at radius 1 is 1.21 bits per heavy atom. The molecule has 0 radical (unpaired) electrons.